The molecular formula is C20H24FN5O3. The SMILES string of the molecule is CN(CC(=O)OCC(=O)N1CCN(Cc2ccccc2F)CC1)c1ncccn1. The number of hydrogen-bond acceptors (Lipinski definition) is 7. The first-order valence-electron chi connectivity index (χ1n) is 9.40. The maximum Gasteiger partial charge on any atom is 0.326 e. The first kappa shape index (κ1) is 20.7. The molecule has 8 nitrogen and oxygen atoms in total. The molecule has 2 aromatic rings. The fourth-order valence-electron chi connectivity index (χ4n) is 3.05. The van der Waals surface area contributed by atoms with Crippen LogP contribution in [0.15, 0.2) is 42.7 Å². The predicted octanol–water partition coefficient (Wildman–Crippen LogP) is 0.940. The molecule has 9 heteroatoms. The van der Waals surface area contributed by atoms with Gasteiger partial charge in [0.25, 0.3) is 5.91 Å². The highest BCUT2D eigenvalue weighted by Gasteiger charge is 2.23. The molecule has 0 spiro atoms. The van der Waals surface area contributed by atoms with Crippen molar-refractivity contribution in [1.82, 2.24) is 19.8 Å². The van der Waals surface area contributed by atoms with Gasteiger partial charge >= 0.3 is 5.97 Å². The molecule has 0 N–H and O–H groups in total. The molecule has 0 saturated carbocycles. The molecule has 1 aromatic carbocycles. The largest absolute Gasteiger partial charge is 0.454 e. The molecule has 0 bridgehead atoms. The number of hydrogen-bond donors (Lipinski definition) is 0. The molecule has 0 radical (unpaired) electrons. The third kappa shape index (κ3) is 5.95. The molecule has 29 heavy (non-hydrogen) atoms. The zero-order chi connectivity index (χ0) is 20.6. The average Bonchev–Trinajstić information content (AvgIpc) is 2.75. The molecular weight excluding hydrogens is 377 g/mol. The molecule has 1 fully saturated rings. The molecule has 2 heterocycles. The minimum absolute atomic E-state index is 0.0479. The highest BCUT2D eigenvalue weighted by Crippen LogP contribution is 2.12. The normalized spacial score (nSPS) is 14.5. The van der Waals surface area contributed by atoms with E-state index in [0.29, 0.717) is 44.2 Å². The molecule has 0 unspecified atom stereocenters. The van der Waals surface area contributed by atoms with E-state index in [1.165, 1.54) is 6.07 Å². The van der Waals surface area contributed by atoms with Crippen LogP contribution in [0.1, 0.15) is 5.56 Å². The number of aromatic nitrogens is 2. The Balaban J connectivity index is 1.38. The van der Waals surface area contributed by atoms with Crippen LogP contribution in [0.4, 0.5) is 10.3 Å². The highest BCUT2D eigenvalue weighted by molar-refractivity contribution is 5.82. The Morgan fingerprint density at radius 3 is 2.48 bits per heavy atom. The smallest absolute Gasteiger partial charge is 0.326 e. The number of amides is 1. The number of rotatable bonds is 7. The van der Waals surface area contributed by atoms with E-state index in [4.69, 9.17) is 4.74 Å². The molecule has 3 rings (SSSR count). The van der Waals surface area contributed by atoms with Gasteiger partial charge < -0.3 is 14.5 Å². The van der Waals surface area contributed by atoms with E-state index in [1.54, 1.807) is 47.4 Å². The van der Waals surface area contributed by atoms with Crippen LogP contribution in [-0.4, -0.2) is 78.0 Å². The van der Waals surface area contributed by atoms with Gasteiger partial charge in [0.05, 0.1) is 0 Å². The Morgan fingerprint density at radius 2 is 1.79 bits per heavy atom. The lowest BCUT2D eigenvalue weighted by Gasteiger charge is -2.34. The topological polar surface area (TPSA) is 78.9 Å². The molecule has 0 aliphatic carbocycles. The summed E-state index contributed by atoms with van der Waals surface area (Å²) in [6.07, 6.45) is 3.17. The van der Waals surface area contributed by atoms with Crippen molar-refractivity contribution in [2.45, 2.75) is 6.54 Å². The standard InChI is InChI=1S/C20H24FN5O3/c1-24(20-22-7-4-8-23-20)14-19(28)29-15-18(27)26-11-9-25(10-12-26)13-16-5-2-3-6-17(16)21/h2-8H,9-15H2,1H3. The van der Waals surface area contributed by atoms with Crippen molar-refractivity contribution < 1.29 is 18.7 Å². The van der Waals surface area contributed by atoms with Gasteiger partial charge in [-0.15, -0.1) is 0 Å². The molecule has 1 saturated heterocycles. The van der Waals surface area contributed by atoms with Crippen molar-refractivity contribution in [1.29, 1.82) is 0 Å². The lowest BCUT2D eigenvalue weighted by molar-refractivity contribution is -0.151. The van der Waals surface area contributed by atoms with Crippen LogP contribution in [0.5, 0.6) is 0 Å². The summed E-state index contributed by atoms with van der Waals surface area (Å²) >= 11 is 0. The van der Waals surface area contributed by atoms with Crippen LogP contribution in [-0.2, 0) is 20.9 Å². The van der Waals surface area contributed by atoms with Crippen LogP contribution in [0.25, 0.3) is 0 Å². The second-order valence-electron chi connectivity index (χ2n) is 6.81. The van der Waals surface area contributed by atoms with Crippen LogP contribution in [0.2, 0.25) is 0 Å². The van der Waals surface area contributed by atoms with Gasteiger partial charge in [-0.05, 0) is 12.1 Å². The van der Waals surface area contributed by atoms with E-state index in [2.05, 4.69) is 14.9 Å². The number of halogens is 1. The zero-order valence-corrected chi connectivity index (χ0v) is 16.3. The monoisotopic (exact) mass is 401 g/mol. The number of esters is 1. The van der Waals surface area contributed by atoms with Crippen molar-refractivity contribution in [3.63, 3.8) is 0 Å². The van der Waals surface area contributed by atoms with Crippen LogP contribution >= 0.6 is 0 Å². The minimum Gasteiger partial charge on any atom is -0.454 e. The van der Waals surface area contributed by atoms with Crippen LogP contribution < -0.4 is 4.90 Å². The summed E-state index contributed by atoms with van der Waals surface area (Å²) in [6, 6.07) is 8.38. The summed E-state index contributed by atoms with van der Waals surface area (Å²) in [7, 11) is 1.67. The molecule has 0 atom stereocenters. The van der Waals surface area contributed by atoms with Crippen molar-refractivity contribution in [2.75, 3.05) is 51.3 Å². The first-order valence-corrected chi connectivity index (χ1v) is 9.40. The maximum atomic E-state index is 13.8. The van der Waals surface area contributed by atoms with E-state index in [1.807, 2.05) is 6.07 Å². The van der Waals surface area contributed by atoms with Crippen molar-refractivity contribution in [3.05, 3.63) is 54.1 Å². The lowest BCUT2D eigenvalue weighted by atomic mass is 10.2. The number of carbonyl (C=O) groups is 2. The molecule has 1 amide bonds. The molecule has 1 aliphatic rings. The third-order valence-corrected chi connectivity index (χ3v) is 4.69. The lowest BCUT2D eigenvalue weighted by Crippen LogP contribution is -2.49. The number of carbonyl (C=O) groups excluding carboxylic acids is 2. The van der Waals surface area contributed by atoms with Gasteiger partial charge in [-0.25, -0.2) is 14.4 Å². The van der Waals surface area contributed by atoms with Crippen molar-refractivity contribution in [2.24, 2.45) is 0 Å². The first-order chi connectivity index (χ1) is 14.0. The Labute approximate surface area is 168 Å². The average molecular weight is 401 g/mol. The van der Waals surface area contributed by atoms with E-state index >= 15 is 0 Å². The summed E-state index contributed by atoms with van der Waals surface area (Å²) < 4.78 is 18.9. The van der Waals surface area contributed by atoms with Gasteiger partial charge in [-0.2, -0.15) is 0 Å². The van der Waals surface area contributed by atoms with Crippen LogP contribution in [0, 0.1) is 5.82 Å². The van der Waals surface area contributed by atoms with Crippen molar-refractivity contribution >= 4 is 17.8 Å². The van der Waals surface area contributed by atoms with Gasteiger partial charge in [0, 0.05) is 57.7 Å². The number of benzene rings is 1. The number of ether oxygens (including phenoxy) is 1. The number of nitrogens with zero attached hydrogens (tertiary/aromatic N) is 5. The van der Waals surface area contributed by atoms with E-state index in [0.717, 1.165) is 0 Å². The summed E-state index contributed by atoms with van der Waals surface area (Å²) in [5.74, 6) is -0.570. The Kier molecular flexibility index (Phi) is 7.07. The van der Waals surface area contributed by atoms with Gasteiger partial charge in [-0.3, -0.25) is 14.5 Å². The summed E-state index contributed by atoms with van der Waals surface area (Å²) in [4.78, 5) is 37.7. The molecule has 1 aromatic heterocycles. The van der Waals surface area contributed by atoms with E-state index < -0.39 is 5.97 Å². The highest BCUT2D eigenvalue weighted by atomic mass is 19.1. The Hall–Kier alpha value is -3.07. The second-order valence-corrected chi connectivity index (χ2v) is 6.81. The van der Waals surface area contributed by atoms with Crippen LogP contribution in [0.3, 0.4) is 0 Å². The predicted molar refractivity (Wildman–Crippen MR) is 105 cm³/mol. The third-order valence-electron chi connectivity index (χ3n) is 4.69. The van der Waals surface area contributed by atoms with E-state index in [-0.39, 0.29) is 24.9 Å². The minimum atomic E-state index is -0.522. The summed E-state index contributed by atoms with van der Waals surface area (Å²) in [6.45, 7) is 2.48. The summed E-state index contributed by atoms with van der Waals surface area (Å²) in [5, 5.41) is 0. The fourth-order valence-corrected chi connectivity index (χ4v) is 3.05. The van der Waals surface area contributed by atoms with Crippen molar-refractivity contribution in [3.8, 4) is 0 Å². The Morgan fingerprint density at radius 1 is 1.10 bits per heavy atom. The summed E-state index contributed by atoms with van der Waals surface area (Å²) in [5.41, 5.74) is 0.646. The van der Waals surface area contributed by atoms with E-state index in [9.17, 15) is 14.0 Å². The van der Waals surface area contributed by atoms with Gasteiger partial charge in [0.15, 0.2) is 6.61 Å². The van der Waals surface area contributed by atoms with Gasteiger partial charge in [0.2, 0.25) is 5.95 Å². The number of likely N-dealkylation sites (N-methyl/N-ethyl adjacent to an activating group) is 1. The number of piperazine rings is 1. The zero-order valence-electron chi connectivity index (χ0n) is 16.3. The number of anilines is 1. The molecule has 154 valence electrons. The maximum absolute atomic E-state index is 13.8. The molecule has 1 aliphatic heterocycles. The fraction of sp³-hybridized carbons (Fsp3) is 0.400. The second kappa shape index (κ2) is 9.92. The van der Waals surface area contributed by atoms with Gasteiger partial charge in [-0.1, -0.05) is 18.2 Å². The quantitative estimate of drug-likeness (QED) is 0.639. The Bertz CT molecular complexity index is 828. The van der Waals surface area contributed by atoms with Gasteiger partial charge in [0.1, 0.15) is 12.4 Å².